The second kappa shape index (κ2) is 7.38. The maximum atomic E-state index is 11.2. The second-order valence-corrected chi connectivity index (χ2v) is 4.92. The SMILES string of the molecule is CCOC(=O)CC(O)CNc1ccc(Br)cc1C. The van der Waals surface area contributed by atoms with E-state index in [0.717, 1.165) is 15.7 Å². The Kier molecular flexibility index (Phi) is 6.15. The quantitative estimate of drug-likeness (QED) is 0.792. The summed E-state index contributed by atoms with van der Waals surface area (Å²) in [5, 5.41) is 12.8. The minimum absolute atomic E-state index is 0.0103. The number of aryl methyl sites for hydroxylation is 1. The van der Waals surface area contributed by atoms with E-state index in [1.807, 2.05) is 25.1 Å². The summed E-state index contributed by atoms with van der Waals surface area (Å²) in [6.07, 6.45) is -0.733. The fourth-order valence-electron chi connectivity index (χ4n) is 1.54. The molecule has 0 aliphatic carbocycles. The van der Waals surface area contributed by atoms with E-state index in [2.05, 4.69) is 21.2 Å². The summed E-state index contributed by atoms with van der Waals surface area (Å²) in [6, 6.07) is 5.84. The van der Waals surface area contributed by atoms with Crippen LogP contribution in [0.1, 0.15) is 18.9 Å². The summed E-state index contributed by atoms with van der Waals surface area (Å²) < 4.78 is 5.78. The standard InChI is InChI=1S/C13H18BrNO3/c1-3-18-13(17)7-11(16)8-15-12-5-4-10(14)6-9(12)2/h4-6,11,15-16H,3,7-8H2,1-2H3. The Morgan fingerprint density at radius 3 is 2.89 bits per heavy atom. The van der Waals surface area contributed by atoms with Crippen molar-refractivity contribution in [3.63, 3.8) is 0 Å². The van der Waals surface area contributed by atoms with Gasteiger partial charge in [-0.1, -0.05) is 15.9 Å². The number of carbonyl (C=O) groups is 1. The molecule has 5 heteroatoms. The van der Waals surface area contributed by atoms with Gasteiger partial charge < -0.3 is 15.2 Å². The van der Waals surface area contributed by atoms with Crippen LogP contribution in [0.15, 0.2) is 22.7 Å². The molecule has 1 unspecified atom stereocenters. The first kappa shape index (κ1) is 15.0. The van der Waals surface area contributed by atoms with Gasteiger partial charge in [-0.25, -0.2) is 0 Å². The van der Waals surface area contributed by atoms with Crippen LogP contribution in [0.2, 0.25) is 0 Å². The zero-order valence-electron chi connectivity index (χ0n) is 10.6. The molecule has 0 radical (unpaired) electrons. The lowest BCUT2D eigenvalue weighted by molar-refractivity contribution is -0.145. The van der Waals surface area contributed by atoms with Crippen LogP contribution >= 0.6 is 15.9 Å². The second-order valence-electron chi connectivity index (χ2n) is 4.00. The van der Waals surface area contributed by atoms with Crippen LogP contribution in [0.25, 0.3) is 0 Å². The molecule has 1 aromatic carbocycles. The Morgan fingerprint density at radius 1 is 1.56 bits per heavy atom. The molecule has 1 atom stereocenters. The van der Waals surface area contributed by atoms with E-state index < -0.39 is 6.10 Å². The third-order valence-corrected chi connectivity index (χ3v) is 2.92. The molecule has 0 saturated carbocycles. The van der Waals surface area contributed by atoms with Gasteiger partial charge in [0.1, 0.15) is 0 Å². The Hall–Kier alpha value is -1.07. The average Bonchev–Trinajstić information content (AvgIpc) is 2.28. The van der Waals surface area contributed by atoms with Gasteiger partial charge in [-0.2, -0.15) is 0 Å². The molecule has 4 nitrogen and oxygen atoms in total. The van der Waals surface area contributed by atoms with Crippen molar-refractivity contribution in [1.82, 2.24) is 0 Å². The summed E-state index contributed by atoms with van der Waals surface area (Å²) in [6.45, 7) is 4.38. The first-order valence-corrected chi connectivity index (χ1v) is 6.66. The van der Waals surface area contributed by atoms with Crippen molar-refractivity contribution in [2.75, 3.05) is 18.5 Å². The number of halogens is 1. The van der Waals surface area contributed by atoms with E-state index in [1.54, 1.807) is 6.92 Å². The van der Waals surface area contributed by atoms with Crippen LogP contribution in [-0.4, -0.2) is 30.3 Å². The third kappa shape index (κ3) is 5.06. The van der Waals surface area contributed by atoms with Gasteiger partial charge >= 0.3 is 5.97 Å². The van der Waals surface area contributed by atoms with Gasteiger partial charge in [0.2, 0.25) is 0 Å². The number of aliphatic hydroxyl groups is 1. The molecule has 0 saturated heterocycles. The highest BCUT2D eigenvalue weighted by Crippen LogP contribution is 2.19. The normalized spacial score (nSPS) is 12.0. The first-order valence-electron chi connectivity index (χ1n) is 5.86. The molecule has 0 fully saturated rings. The van der Waals surface area contributed by atoms with Crippen molar-refractivity contribution in [2.45, 2.75) is 26.4 Å². The van der Waals surface area contributed by atoms with E-state index in [0.29, 0.717) is 13.2 Å². The molecule has 0 bridgehead atoms. The molecule has 0 aliphatic rings. The summed E-state index contributed by atoms with van der Waals surface area (Å²) in [4.78, 5) is 11.2. The van der Waals surface area contributed by atoms with Crippen LogP contribution < -0.4 is 5.32 Å². The highest BCUT2D eigenvalue weighted by molar-refractivity contribution is 9.10. The minimum Gasteiger partial charge on any atom is -0.466 e. The van der Waals surface area contributed by atoms with Crippen molar-refractivity contribution in [3.05, 3.63) is 28.2 Å². The summed E-state index contributed by atoms with van der Waals surface area (Å²) >= 11 is 3.39. The lowest BCUT2D eigenvalue weighted by atomic mass is 10.2. The number of carbonyl (C=O) groups excluding carboxylic acids is 1. The van der Waals surface area contributed by atoms with E-state index in [9.17, 15) is 9.90 Å². The lowest BCUT2D eigenvalue weighted by Gasteiger charge is -2.14. The minimum atomic E-state index is -0.743. The number of nitrogens with one attached hydrogen (secondary N) is 1. The summed E-state index contributed by atoms with van der Waals surface area (Å²) in [5.74, 6) is -0.376. The molecule has 18 heavy (non-hydrogen) atoms. The number of rotatable bonds is 6. The molecule has 2 N–H and O–H groups in total. The zero-order valence-corrected chi connectivity index (χ0v) is 12.2. The van der Waals surface area contributed by atoms with Gasteiger partial charge in [0.05, 0.1) is 19.1 Å². The van der Waals surface area contributed by atoms with Crippen LogP contribution in [0.4, 0.5) is 5.69 Å². The smallest absolute Gasteiger partial charge is 0.308 e. The maximum absolute atomic E-state index is 11.2. The van der Waals surface area contributed by atoms with E-state index in [-0.39, 0.29) is 12.4 Å². The van der Waals surface area contributed by atoms with Gasteiger partial charge in [-0.15, -0.1) is 0 Å². The fraction of sp³-hybridized carbons (Fsp3) is 0.462. The van der Waals surface area contributed by atoms with Gasteiger partial charge in [0.15, 0.2) is 0 Å². The van der Waals surface area contributed by atoms with Crippen LogP contribution in [0.3, 0.4) is 0 Å². The van der Waals surface area contributed by atoms with Crippen molar-refractivity contribution >= 4 is 27.6 Å². The third-order valence-electron chi connectivity index (χ3n) is 2.42. The molecule has 1 aromatic rings. The summed E-state index contributed by atoms with van der Waals surface area (Å²) in [5.41, 5.74) is 2.02. The molecule has 100 valence electrons. The lowest BCUT2D eigenvalue weighted by Crippen LogP contribution is -2.24. The molecule has 0 aromatic heterocycles. The zero-order chi connectivity index (χ0) is 13.5. The largest absolute Gasteiger partial charge is 0.466 e. The monoisotopic (exact) mass is 315 g/mol. The van der Waals surface area contributed by atoms with E-state index in [1.165, 1.54) is 0 Å². The van der Waals surface area contributed by atoms with Gasteiger partial charge in [0.25, 0.3) is 0 Å². The maximum Gasteiger partial charge on any atom is 0.308 e. The molecule has 0 spiro atoms. The predicted molar refractivity (Wildman–Crippen MR) is 74.6 cm³/mol. The van der Waals surface area contributed by atoms with Crippen molar-refractivity contribution in [2.24, 2.45) is 0 Å². The molecular formula is C13H18BrNO3. The number of anilines is 1. The number of esters is 1. The molecule has 0 heterocycles. The van der Waals surface area contributed by atoms with Crippen molar-refractivity contribution in [3.8, 4) is 0 Å². The fourth-order valence-corrected chi connectivity index (χ4v) is 2.01. The van der Waals surface area contributed by atoms with E-state index in [4.69, 9.17) is 4.74 Å². The van der Waals surface area contributed by atoms with E-state index >= 15 is 0 Å². The first-order chi connectivity index (χ1) is 8.52. The molecule has 0 aliphatic heterocycles. The van der Waals surface area contributed by atoms with Crippen molar-refractivity contribution in [1.29, 1.82) is 0 Å². The number of hydrogen-bond acceptors (Lipinski definition) is 4. The van der Waals surface area contributed by atoms with Crippen LogP contribution in [-0.2, 0) is 9.53 Å². The average molecular weight is 316 g/mol. The van der Waals surface area contributed by atoms with Crippen LogP contribution in [0.5, 0.6) is 0 Å². The molecule has 1 rings (SSSR count). The Balaban J connectivity index is 2.42. The molecule has 0 amide bonds. The summed E-state index contributed by atoms with van der Waals surface area (Å²) in [7, 11) is 0. The molecular weight excluding hydrogens is 298 g/mol. The van der Waals surface area contributed by atoms with Crippen molar-refractivity contribution < 1.29 is 14.6 Å². The number of ether oxygens (including phenoxy) is 1. The topological polar surface area (TPSA) is 58.6 Å². The highest BCUT2D eigenvalue weighted by atomic mass is 79.9. The number of benzene rings is 1. The Labute approximate surface area is 115 Å². The Bertz CT molecular complexity index is 409. The van der Waals surface area contributed by atoms with Gasteiger partial charge in [-0.05, 0) is 37.6 Å². The number of aliphatic hydroxyl groups excluding tert-OH is 1. The van der Waals surface area contributed by atoms with Crippen LogP contribution in [0, 0.1) is 6.92 Å². The Morgan fingerprint density at radius 2 is 2.28 bits per heavy atom. The predicted octanol–water partition coefficient (Wildman–Crippen LogP) is 2.48. The highest BCUT2D eigenvalue weighted by Gasteiger charge is 2.11. The number of hydrogen-bond donors (Lipinski definition) is 2. The van der Waals surface area contributed by atoms with Gasteiger partial charge in [-0.3, -0.25) is 4.79 Å². The van der Waals surface area contributed by atoms with Gasteiger partial charge in [0, 0.05) is 16.7 Å².